The second-order valence-electron chi connectivity index (χ2n) is 5.68. The van der Waals surface area contributed by atoms with Crippen LogP contribution in [0.3, 0.4) is 0 Å². The SMILES string of the molecule is C[C@@H](OC(=O)c1ccccc1Cl)C(=O)NCCC1=CCCCC1. The van der Waals surface area contributed by atoms with E-state index in [0.717, 1.165) is 19.3 Å². The molecular formula is C18H22ClNO3. The zero-order chi connectivity index (χ0) is 16.7. The quantitative estimate of drug-likeness (QED) is 0.633. The number of halogens is 1. The number of esters is 1. The summed E-state index contributed by atoms with van der Waals surface area (Å²) >= 11 is 5.94. The maximum atomic E-state index is 12.0. The monoisotopic (exact) mass is 335 g/mol. The van der Waals surface area contributed by atoms with E-state index in [2.05, 4.69) is 11.4 Å². The van der Waals surface area contributed by atoms with Crippen LogP contribution in [0.1, 0.15) is 49.4 Å². The molecule has 0 fully saturated rings. The molecule has 5 heteroatoms. The Hall–Kier alpha value is -1.81. The van der Waals surface area contributed by atoms with E-state index in [-0.39, 0.29) is 11.5 Å². The Morgan fingerprint density at radius 3 is 2.78 bits per heavy atom. The molecule has 0 aliphatic heterocycles. The highest BCUT2D eigenvalue weighted by molar-refractivity contribution is 6.33. The molecule has 1 atom stereocenters. The van der Waals surface area contributed by atoms with Gasteiger partial charge in [0.2, 0.25) is 0 Å². The molecule has 1 aromatic carbocycles. The third-order valence-electron chi connectivity index (χ3n) is 3.88. The highest BCUT2D eigenvalue weighted by Gasteiger charge is 2.20. The predicted octanol–water partition coefficient (Wildman–Crippen LogP) is 3.89. The molecule has 4 nitrogen and oxygen atoms in total. The summed E-state index contributed by atoms with van der Waals surface area (Å²) < 4.78 is 5.17. The van der Waals surface area contributed by atoms with Crippen LogP contribution < -0.4 is 5.32 Å². The van der Waals surface area contributed by atoms with Crippen LogP contribution in [0.25, 0.3) is 0 Å². The van der Waals surface area contributed by atoms with Gasteiger partial charge < -0.3 is 10.1 Å². The van der Waals surface area contributed by atoms with Crippen molar-refractivity contribution in [1.82, 2.24) is 5.32 Å². The standard InChI is InChI=1S/C18H22ClNO3/c1-13(23-18(22)15-9-5-6-10-16(15)19)17(21)20-12-11-14-7-3-2-4-8-14/h5-7,9-10,13H,2-4,8,11-12H2,1H3,(H,20,21)/t13-/m1/s1. The van der Waals surface area contributed by atoms with Crippen molar-refractivity contribution in [2.24, 2.45) is 0 Å². The van der Waals surface area contributed by atoms with Gasteiger partial charge in [0.15, 0.2) is 6.10 Å². The summed E-state index contributed by atoms with van der Waals surface area (Å²) in [4.78, 5) is 24.0. The maximum Gasteiger partial charge on any atom is 0.340 e. The zero-order valence-corrected chi connectivity index (χ0v) is 14.1. The molecule has 0 radical (unpaired) electrons. The van der Waals surface area contributed by atoms with Crippen LogP contribution in [-0.4, -0.2) is 24.5 Å². The van der Waals surface area contributed by atoms with E-state index in [0.29, 0.717) is 11.6 Å². The van der Waals surface area contributed by atoms with Crippen molar-refractivity contribution in [1.29, 1.82) is 0 Å². The average molecular weight is 336 g/mol. The summed E-state index contributed by atoms with van der Waals surface area (Å²) in [6.07, 6.45) is 7.01. The van der Waals surface area contributed by atoms with E-state index in [4.69, 9.17) is 16.3 Å². The van der Waals surface area contributed by atoms with Crippen molar-refractivity contribution in [2.45, 2.75) is 45.1 Å². The summed E-state index contributed by atoms with van der Waals surface area (Å²) in [7, 11) is 0. The lowest BCUT2D eigenvalue weighted by molar-refractivity contribution is -0.129. The normalized spacial score (nSPS) is 15.5. The molecule has 1 aliphatic rings. The summed E-state index contributed by atoms with van der Waals surface area (Å²) in [6.45, 7) is 2.13. The van der Waals surface area contributed by atoms with Gasteiger partial charge in [0.1, 0.15) is 0 Å². The Labute approximate surface area is 141 Å². The lowest BCUT2D eigenvalue weighted by Gasteiger charge is -2.16. The summed E-state index contributed by atoms with van der Waals surface area (Å²) in [5.41, 5.74) is 1.67. The molecule has 0 aromatic heterocycles. The molecule has 0 saturated heterocycles. The van der Waals surface area contributed by atoms with Crippen molar-refractivity contribution in [3.63, 3.8) is 0 Å². The van der Waals surface area contributed by atoms with Gasteiger partial charge in [-0.3, -0.25) is 4.79 Å². The molecular weight excluding hydrogens is 314 g/mol. The molecule has 124 valence electrons. The van der Waals surface area contributed by atoms with Gasteiger partial charge in [-0.15, -0.1) is 0 Å². The molecule has 0 spiro atoms. The number of benzene rings is 1. The van der Waals surface area contributed by atoms with Crippen LogP contribution in [-0.2, 0) is 9.53 Å². The van der Waals surface area contributed by atoms with Crippen LogP contribution in [0.15, 0.2) is 35.9 Å². The van der Waals surface area contributed by atoms with E-state index in [9.17, 15) is 9.59 Å². The number of amides is 1. The largest absolute Gasteiger partial charge is 0.449 e. The van der Waals surface area contributed by atoms with E-state index >= 15 is 0 Å². The molecule has 0 bridgehead atoms. The minimum absolute atomic E-state index is 0.265. The Morgan fingerprint density at radius 1 is 1.30 bits per heavy atom. The predicted molar refractivity (Wildman–Crippen MR) is 90.5 cm³/mol. The van der Waals surface area contributed by atoms with Crippen molar-refractivity contribution in [2.75, 3.05) is 6.54 Å². The second kappa shape index (κ2) is 8.73. The fourth-order valence-corrected chi connectivity index (χ4v) is 2.74. The van der Waals surface area contributed by atoms with Crippen LogP contribution in [0.4, 0.5) is 0 Å². The first kappa shape index (κ1) is 17.5. The molecule has 1 aliphatic carbocycles. The third kappa shape index (κ3) is 5.39. The number of rotatable bonds is 6. The lowest BCUT2D eigenvalue weighted by Crippen LogP contribution is -2.36. The summed E-state index contributed by atoms with van der Waals surface area (Å²) in [6, 6.07) is 6.62. The highest BCUT2D eigenvalue weighted by atomic mass is 35.5. The lowest BCUT2D eigenvalue weighted by atomic mass is 9.97. The Kier molecular flexibility index (Phi) is 6.66. The van der Waals surface area contributed by atoms with E-state index in [1.807, 2.05) is 0 Å². The Balaban J connectivity index is 1.77. The first-order valence-corrected chi connectivity index (χ1v) is 8.37. The topological polar surface area (TPSA) is 55.4 Å². The van der Waals surface area contributed by atoms with Crippen molar-refractivity contribution < 1.29 is 14.3 Å². The maximum absolute atomic E-state index is 12.0. The van der Waals surface area contributed by atoms with Crippen molar-refractivity contribution in [3.8, 4) is 0 Å². The van der Waals surface area contributed by atoms with Crippen molar-refractivity contribution in [3.05, 3.63) is 46.5 Å². The van der Waals surface area contributed by atoms with E-state index < -0.39 is 12.1 Å². The molecule has 0 unspecified atom stereocenters. The molecule has 2 rings (SSSR count). The second-order valence-corrected chi connectivity index (χ2v) is 6.08. The molecule has 1 aromatic rings. The van der Waals surface area contributed by atoms with Gasteiger partial charge in [-0.25, -0.2) is 4.79 Å². The smallest absolute Gasteiger partial charge is 0.340 e. The van der Waals surface area contributed by atoms with Gasteiger partial charge in [-0.05, 0) is 51.2 Å². The first-order valence-electron chi connectivity index (χ1n) is 7.99. The van der Waals surface area contributed by atoms with Crippen LogP contribution in [0.5, 0.6) is 0 Å². The molecule has 1 amide bonds. The van der Waals surface area contributed by atoms with E-state index in [1.54, 1.807) is 31.2 Å². The molecule has 23 heavy (non-hydrogen) atoms. The molecule has 1 N–H and O–H groups in total. The third-order valence-corrected chi connectivity index (χ3v) is 4.21. The average Bonchev–Trinajstić information content (AvgIpc) is 2.56. The van der Waals surface area contributed by atoms with Crippen molar-refractivity contribution >= 4 is 23.5 Å². The molecule has 0 saturated carbocycles. The van der Waals surface area contributed by atoms with Crippen LogP contribution in [0, 0.1) is 0 Å². The highest BCUT2D eigenvalue weighted by Crippen LogP contribution is 2.19. The molecule has 0 heterocycles. The van der Waals surface area contributed by atoms with Crippen LogP contribution >= 0.6 is 11.6 Å². The van der Waals surface area contributed by atoms with Gasteiger partial charge in [0.25, 0.3) is 5.91 Å². The van der Waals surface area contributed by atoms with Crippen LogP contribution in [0.2, 0.25) is 5.02 Å². The minimum atomic E-state index is -0.848. The van der Waals surface area contributed by atoms with Gasteiger partial charge >= 0.3 is 5.97 Å². The number of carbonyl (C=O) groups is 2. The number of hydrogen-bond donors (Lipinski definition) is 1. The Morgan fingerprint density at radius 2 is 2.09 bits per heavy atom. The van der Waals surface area contributed by atoms with E-state index in [1.165, 1.54) is 18.4 Å². The van der Waals surface area contributed by atoms with Gasteiger partial charge in [-0.2, -0.15) is 0 Å². The first-order chi connectivity index (χ1) is 11.1. The number of ether oxygens (including phenoxy) is 1. The van der Waals surface area contributed by atoms with Gasteiger partial charge in [0, 0.05) is 6.54 Å². The number of allylic oxidation sites excluding steroid dienone is 1. The number of hydrogen-bond acceptors (Lipinski definition) is 3. The summed E-state index contributed by atoms with van der Waals surface area (Å²) in [5, 5.41) is 3.13. The zero-order valence-electron chi connectivity index (χ0n) is 13.3. The Bertz CT molecular complexity index is 598. The van der Waals surface area contributed by atoms with Gasteiger partial charge in [0.05, 0.1) is 10.6 Å². The number of carbonyl (C=O) groups excluding carboxylic acids is 2. The number of nitrogens with one attached hydrogen (secondary N) is 1. The van der Waals surface area contributed by atoms with Gasteiger partial charge in [-0.1, -0.05) is 35.4 Å². The fourth-order valence-electron chi connectivity index (χ4n) is 2.53. The fraction of sp³-hybridized carbons (Fsp3) is 0.444. The summed E-state index contributed by atoms with van der Waals surface area (Å²) in [5.74, 6) is -0.880. The minimum Gasteiger partial charge on any atom is -0.449 e.